The number of carbonyl (C=O) groups is 2. The second-order valence-electron chi connectivity index (χ2n) is 5.97. The summed E-state index contributed by atoms with van der Waals surface area (Å²) in [4.78, 5) is 28.1. The van der Waals surface area contributed by atoms with E-state index in [1.807, 2.05) is 0 Å². The molecular weight excluding hydrogens is 301 g/mol. The first-order valence-corrected chi connectivity index (χ1v) is 7.79. The van der Waals surface area contributed by atoms with Crippen molar-refractivity contribution in [2.24, 2.45) is 0 Å². The van der Waals surface area contributed by atoms with Gasteiger partial charge in [-0.25, -0.2) is 4.39 Å². The zero-order valence-corrected chi connectivity index (χ0v) is 12.7. The number of nitrogens with zero attached hydrogens (tertiary/aromatic N) is 2. The minimum atomic E-state index is -0.467. The molecule has 0 spiro atoms. The summed E-state index contributed by atoms with van der Waals surface area (Å²) in [6.45, 7) is 2.30. The molecule has 0 aromatic heterocycles. The lowest BCUT2D eigenvalue weighted by Crippen LogP contribution is -2.54. The van der Waals surface area contributed by atoms with Gasteiger partial charge in [0.2, 0.25) is 5.91 Å². The van der Waals surface area contributed by atoms with E-state index < -0.39 is 6.10 Å². The van der Waals surface area contributed by atoms with Gasteiger partial charge in [-0.2, -0.15) is 0 Å². The Labute approximate surface area is 133 Å². The molecule has 2 amide bonds. The molecule has 2 saturated heterocycles. The molecule has 23 heavy (non-hydrogen) atoms. The Hall–Kier alpha value is -1.99. The van der Waals surface area contributed by atoms with Gasteiger partial charge in [0.1, 0.15) is 5.82 Å². The zero-order valence-electron chi connectivity index (χ0n) is 12.7. The monoisotopic (exact) mass is 321 g/mol. The second-order valence-corrected chi connectivity index (χ2v) is 5.97. The van der Waals surface area contributed by atoms with Crippen molar-refractivity contribution in [3.8, 4) is 0 Å². The van der Waals surface area contributed by atoms with Crippen LogP contribution in [0.15, 0.2) is 24.3 Å². The zero-order chi connectivity index (χ0) is 16.4. The minimum absolute atomic E-state index is 0.0181. The molecule has 2 aliphatic rings. The Morgan fingerprint density at radius 1 is 1.09 bits per heavy atom. The normalized spacial score (nSPS) is 24.8. The lowest BCUT2D eigenvalue weighted by atomic mass is 10.1. The third-order valence-corrected chi connectivity index (χ3v) is 4.38. The van der Waals surface area contributed by atoms with Crippen molar-refractivity contribution in [1.82, 2.24) is 15.1 Å². The van der Waals surface area contributed by atoms with E-state index in [2.05, 4.69) is 5.32 Å². The Bertz CT molecular complexity index is 585. The molecule has 0 saturated carbocycles. The highest BCUT2D eigenvalue weighted by molar-refractivity contribution is 5.94. The van der Waals surface area contributed by atoms with Crippen molar-refractivity contribution in [3.05, 3.63) is 35.6 Å². The molecule has 2 aliphatic heterocycles. The Morgan fingerprint density at radius 2 is 1.70 bits per heavy atom. The van der Waals surface area contributed by atoms with E-state index in [-0.39, 0.29) is 23.7 Å². The molecule has 2 N–H and O–H groups in total. The van der Waals surface area contributed by atoms with Crippen LogP contribution in [0.2, 0.25) is 0 Å². The van der Waals surface area contributed by atoms with Crippen LogP contribution in [0.25, 0.3) is 0 Å². The number of piperazine rings is 1. The van der Waals surface area contributed by atoms with E-state index >= 15 is 0 Å². The third kappa shape index (κ3) is 3.51. The summed E-state index contributed by atoms with van der Waals surface area (Å²) < 4.78 is 12.9. The number of rotatable bonds is 2. The summed E-state index contributed by atoms with van der Waals surface area (Å²) in [7, 11) is 0. The summed E-state index contributed by atoms with van der Waals surface area (Å²) in [6.07, 6.45) is -0.0293. The maximum atomic E-state index is 12.9. The number of β-amino-alcohol motifs (C(OH)–C–C–N with tert-alkyl or cyclic N) is 1. The Morgan fingerprint density at radius 3 is 2.26 bits per heavy atom. The number of nitrogens with one attached hydrogen (secondary N) is 1. The van der Waals surface area contributed by atoms with Crippen molar-refractivity contribution in [2.75, 3.05) is 32.7 Å². The van der Waals surface area contributed by atoms with Crippen LogP contribution >= 0.6 is 0 Å². The first-order valence-electron chi connectivity index (χ1n) is 7.79. The van der Waals surface area contributed by atoms with Gasteiger partial charge in [0.15, 0.2) is 0 Å². The number of benzene rings is 1. The van der Waals surface area contributed by atoms with E-state index in [1.165, 1.54) is 24.3 Å². The lowest BCUT2D eigenvalue weighted by molar-refractivity contribution is -0.134. The van der Waals surface area contributed by atoms with Gasteiger partial charge in [0.25, 0.3) is 5.91 Å². The molecule has 1 aromatic rings. The molecule has 2 fully saturated rings. The molecule has 1 aromatic carbocycles. The molecule has 124 valence electrons. The predicted octanol–water partition coefficient (Wildman–Crippen LogP) is -0.167. The first kappa shape index (κ1) is 15.9. The van der Waals surface area contributed by atoms with Crippen molar-refractivity contribution in [3.63, 3.8) is 0 Å². The molecule has 2 unspecified atom stereocenters. The summed E-state index contributed by atoms with van der Waals surface area (Å²) in [5, 5.41) is 12.5. The van der Waals surface area contributed by atoms with Crippen LogP contribution in [0.3, 0.4) is 0 Å². The number of carbonyl (C=O) groups excluding carboxylic acids is 2. The fourth-order valence-electron chi connectivity index (χ4n) is 3.03. The number of halogens is 1. The molecule has 3 rings (SSSR count). The molecular formula is C16H20FN3O3. The fourth-order valence-corrected chi connectivity index (χ4v) is 3.03. The van der Waals surface area contributed by atoms with Gasteiger partial charge in [0.05, 0.1) is 12.1 Å². The van der Waals surface area contributed by atoms with Gasteiger partial charge in [0, 0.05) is 38.3 Å². The average Bonchev–Trinajstić information content (AvgIpc) is 3.01. The highest BCUT2D eigenvalue weighted by Crippen LogP contribution is 2.14. The number of aliphatic hydroxyl groups is 1. The molecule has 0 aliphatic carbocycles. The van der Waals surface area contributed by atoms with Gasteiger partial charge in [-0.3, -0.25) is 9.59 Å². The smallest absolute Gasteiger partial charge is 0.253 e. The number of aliphatic hydroxyl groups excluding tert-OH is 1. The standard InChI is InChI=1S/C16H20FN3O3/c17-12-3-1-11(2-4-12)15(22)19-5-7-20(8-6-19)16(23)14-9-13(21)10-18-14/h1-4,13-14,18,21H,5-10H2. The molecule has 6 nitrogen and oxygen atoms in total. The molecule has 7 heteroatoms. The lowest BCUT2D eigenvalue weighted by Gasteiger charge is -2.36. The Kier molecular flexibility index (Phi) is 4.58. The largest absolute Gasteiger partial charge is 0.392 e. The summed E-state index contributed by atoms with van der Waals surface area (Å²) in [6, 6.07) is 5.15. The average molecular weight is 321 g/mol. The number of hydrogen-bond acceptors (Lipinski definition) is 4. The summed E-state index contributed by atoms with van der Waals surface area (Å²) >= 11 is 0. The van der Waals surface area contributed by atoms with E-state index in [0.29, 0.717) is 44.7 Å². The topological polar surface area (TPSA) is 72.9 Å². The van der Waals surface area contributed by atoms with Gasteiger partial charge < -0.3 is 20.2 Å². The van der Waals surface area contributed by atoms with Crippen LogP contribution in [0, 0.1) is 5.82 Å². The minimum Gasteiger partial charge on any atom is -0.392 e. The van der Waals surface area contributed by atoms with E-state index in [9.17, 15) is 19.1 Å². The molecule has 0 bridgehead atoms. The van der Waals surface area contributed by atoms with Gasteiger partial charge in [-0.1, -0.05) is 0 Å². The second kappa shape index (κ2) is 6.64. The van der Waals surface area contributed by atoms with Crippen LogP contribution in [-0.4, -0.2) is 71.6 Å². The quantitative estimate of drug-likeness (QED) is 0.793. The number of hydrogen-bond donors (Lipinski definition) is 2. The maximum absolute atomic E-state index is 12.9. The van der Waals surface area contributed by atoms with Gasteiger partial charge in [-0.15, -0.1) is 0 Å². The molecule has 2 heterocycles. The van der Waals surface area contributed by atoms with Crippen molar-refractivity contribution in [2.45, 2.75) is 18.6 Å². The molecule has 2 atom stereocenters. The number of amides is 2. The third-order valence-electron chi connectivity index (χ3n) is 4.38. The SMILES string of the molecule is O=C(c1ccc(F)cc1)N1CCN(C(=O)C2CC(O)CN2)CC1. The van der Waals surface area contributed by atoms with E-state index in [1.54, 1.807) is 9.80 Å². The predicted molar refractivity (Wildman–Crippen MR) is 81.3 cm³/mol. The van der Waals surface area contributed by atoms with Crippen LogP contribution in [-0.2, 0) is 4.79 Å². The first-order chi connectivity index (χ1) is 11.0. The summed E-state index contributed by atoms with van der Waals surface area (Å²) in [5.41, 5.74) is 0.451. The fraction of sp³-hybridized carbons (Fsp3) is 0.500. The van der Waals surface area contributed by atoms with Gasteiger partial charge in [-0.05, 0) is 30.7 Å². The van der Waals surface area contributed by atoms with E-state index in [0.717, 1.165) is 0 Å². The van der Waals surface area contributed by atoms with Crippen molar-refractivity contribution in [1.29, 1.82) is 0 Å². The molecule has 0 radical (unpaired) electrons. The maximum Gasteiger partial charge on any atom is 0.253 e. The van der Waals surface area contributed by atoms with Crippen LogP contribution in [0.4, 0.5) is 4.39 Å². The van der Waals surface area contributed by atoms with Crippen molar-refractivity contribution >= 4 is 11.8 Å². The van der Waals surface area contributed by atoms with Gasteiger partial charge >= 0.3 is 0 Å². The van der Waals surface area contributed by atoms with Crippen LogP contribution < -0.4 is 5.32 Å². The summed E-state index contributed by atoms with van der Waals surface area (Å²) in [5.74, 6) is -0.537. The van der Waals surface area contributed by atoms with Crippen LogP contribution in [0.5, 0.6) is 0 Å². The van der Waals surface area contributed by atoms with Crippen molar-refractivity contribution < 1.29 is 19.1 Å². The van der Waals surface area contributed by atoms with E-state index in [4.69, 9.17) is 0 Å². The highest BCUT2D eigenvalue weighted by atomic mass is 19.1. The van der Waals surface area contributed by atoms with Crippen LogP contribution in [0.1, 0.15) is 16.8 Å². The Balaban J connectivity index is 1.54. The highest BCUT2D eigenvalue weighted by Gasteiger charge is 2.33.